The van der Waals surface area contributed by atoms with E-state index in [1.54, 1.807) is 25.4 Å². The normalized spacial score (nSPS) is 16.1. The average molecular weight is 402 g/mol. The highest BCUT2D eigenvalue weighted by molar-refractivity contribution is 5.79. The van der Waals surface area contributed by atoms with Gasteiger partial charge in [0.05, 0.1) is 5.69 Å². The van der Waals surface area contributed by atoms with E-state index in [4.69, 9.17) is 4.42 Å². The van der Waals surface area contributed by atoms with E-state index in [1.165, 1.54) is 44.5 Å². The molecule has 0 atom stereocenters. The van der Waals surface area contributed by atoms with Crippen LogP contribution in [0.3, 0.4) is 0 Å². The minimum Gasteiger partial charge on any atom is -0.444 e. The van der Waals surface area contributed by atoms with Crippen molar-refractivity contribution in [3.8, 4) is 11.5 Å². The Balaban J connectivity index is 1.44. The Morgan fingerprint density at radius 2 is 1.90 bits per heavy atom. The summed E-state index contributed by atoms with van der Waals surface area (Å²) in [7, 11) is 1.78. The first-order valence-corrected chi connectivity index (χ1v) is 10.4. The molecule has 1 fully saturated rings. The highest BCUT2D eigenvalue weighted by Gasteiger charge is 2.27. The van der Waals surface area contributed by atoms with Crippen LogP contribution in [0, 0.1) is 5.82 Å². The standard InChI is InChI=1S/C22H32FN5O/c1-22(2,28-13-5-4-6-14-28)16-26-21(24-3)25-12-11-19-15-29-20(27-19)17-7-9-18(23)10-8-17/h7-10,15H,4-6,11-14,16H2,1-3H3,(H2,24,25,26). The number of oxazole rings is 1. The first kappa shape index (κ1) is 21.3. The van der Waals surface area contributed by atoms with Crippen LogP contribution in [0.1, 0.15) is 38.8 Å². The molecule has 0 unspecified atom stereocenters. The van der Waals surface area contributed by atoms with Crippen molar-refractivity contribution >= 4 is 5.96 Å². The molecule has 0 radical (unpaired) electrons. The SMILES string of the molecule is CN=C(NCCc1coc(-c2ccc(F)cc2)n1)NCC(C)(C)N1CCCCC1. The molecule has 1 aromatic carbocycles. The third-order valence-corrected chi connectivity index (χ3v) is 5.44. The third kappa shape index (κ3) is 6.03. The van der Waals surface area contributed by atoms with Gasteiger partial charge in [-0.15, -0.1) is 0 Å². The Kier molecular flexibility index (Phi) is 7.25. The van der Waals surface area contributed by atoms with E-state index in [0.717, 1.165) is 23.8 Å². The van der Waals surface area contributed by atoms with Crippen molar-refractivity contribution in [1.82, 2.24) is 20.5 Å². The van der Waals surface area contributed by atoms with E-state index in [9.17, 15) is 4.39 Å². The van der Waals surface area contributed by atoms with Crippen molar-refractivity contribution in [2.75, 3.05) is 33.2 Å². The monoisotopic (exact) mass is 401 g/mol. The van der Waals surface area contributed by atoms with Gasteiger partial charge in [0.1, 0.15) is 12.1 Å². The van der Waals surface area contributed by atoms with Crippen molar-refractivity contribution < 1.29 is 8.81 Å². The molecule has 0 amide bonds. The number of aromatic nitrogens is 1. The summed E-state index contributed by atoms with van der Waals surface area (Å²) in [6.07, 6.45) is 6.27. The van der Waals surface area contributed by atoms with E-state index in [0.29, 0.717) is 18.9 Å². The van der Waals surface area contributed by atoms with Crippen LogP contribution in [0.4, 0.5) is 4.39 Å². The van der Waals surface area contributed by atoms with Crippen molar-refractivity contribution in [1.29, 1.82) is 0 Å². The molecule has 158 valence electrons. The van der Waals surface area contributed by atoms with E-state index < -0.39 is 0 Å². The van der Waals surface area contributed by atoms with Gasteiger partial charge in [-0.3, -0.25) is 9.89 Å². The number of nitrogens with one attached hydrogen (secondary N) is 2. The lowest BCUT2D eigenvalue weighted by molar-refractivity contribution is 0.0982. The van der Waals surface area contributed by atoms with Gasteiger partial charge in [-0.2, -0.15) is 0 Å². The van der Waals surface area contributed by atoms with Crippen molar-refractivity contribution in [3.05, 3.63) is 42.0 Å². The summed E-state index contributed by atoms with van der Waals surface area (Å²) in [5, 5.41) is 6.79. The fourth-order valence-corrected chi connectivity index (χ4v) is 3.59. The highest BCUT2D eigenvalue weighted by Crippen LogP contribution is 2.20. The van der Waals surface area contributed by atoms with E-state index in [-0.39, 0.29) is 11.4 Å². The van der Waals surface area contributed by atoms with Crippen LogP contribution in [0.25, 0.3) is 11.5 Å². The number of benzene rings is 1. The predicted molar refractivity (Wildman–Crippen MR) is 114 cm³/mol. The molecule has 6 nitrogen and oxygen atoms in total. The molecular formula is C22H32FN5O. The molecule has 2 N–H and O–H groups in total. The summed E-state index contributed by atoms with van der Waals surface area (Å²) < 4.78 is 18.6. The molecule has 2 heterocycles. The quantitative estimate of drug-likeness (QED) is 0.550. The van der Waals surface area contributed by atoms with Crippen LogP contribution < -0.4 is 10.6 Å². The van der Waals surface area contributed by atoms with Gasteiger partial charge in [0.15, 0.2) is 5.96 Å². The van der Waals surface area contributed by atoms with Gasteiger partial charge in [-0.25, -0.2) is 9.37 Å². The number of likely N-dealkylation sites (tertiary alicyclic amines) is 1. The summed E-state index contributed by atoms with van der Waals surface area (Å²) in [5.41, 5.74) is 1.71. The maximum atomic E-state index is 13.0. The van der Waals surface area contributed by atoms with Crippen LogP contribution in [-0.4, -0.2) is 54.6 Å². The number of halogens is 1. The van der Waals surface area contributed by atoms with Crippen LogP contribution in [0.15, 0.2) is 39.9 Å². The van der Waals surface area contributed by atoms with Gasteiger partial charge < -0.3 is 15.1 Å². The summed E-state index contributed by atoms with van der Waals surface area (Å²) in [4.78, 5) is 11.4. The van der Waals surface area contributed by atoms with Gasteiger partial charge in [-0.05, 0) is 64.0 Å². The van der Waals surface area contributed by atoms with Crippen LogP contribution in [0.2, 0.25) is 0 Å². The second kappa shape index (κ2) is 9.87. The molecule has 0 bridgehead atoms. The summed E-state index contributed by atoms with van der Waals surface area (Å²) >= 11 is 0. The van der Waals surface area contributed by atoms with Crippen LogP contribution in [-0.2, 0) is 6.42 Å². The highest BCUT2D eigenvalue weighted by atomic mass is 19.1. The molecule has 1 aromatic heterocycles. The first-order valence-electron chi connectivity index (χ1n) is 10.4. The van der Waals surface area contributed by atoms with Crippen LogP contribution in [0.5, 0.6) is 0 Å². The molecule has 3 rings (SSSR count). The zero-order valence-corrected chi connectivity index (χ0v) is 17.7. The summed E-state index contributed by atoms with van der Waals surface area (Å²) in [5.74, 6) is 1.02. The molecule has 1 aliphatic heterocycles. The predicted octanol–water partition coefficient (Wildman–Crippen LogP) is 3.45. The number of guanidine groups is 1. The number of hydrogen-bond acceptors (Lipinski definition) is 4. The minimum atomic E-state index is -0.271. The number of nitrogens with zero attached hydrogens (tertiary/aromatic N) is 3. The topological polar surface area (TPSA) is 65.7 Å². The average Bonchev–Trinajstić information content (AvgIpc) is 3.20. The molecule has 0 saturated carbocycles. The Morgan fingerprint density at radius 3 is 2.59 bits per heavy atom. The summed E-state index contributed by atoms with van der Waals surface area (Å²) in [6, 6.07) is 6.14. The molecule has 1 aliphatic rings. The molecule has 29 heavy (non-hydrogen) atoms. The first-order chi connectivity index (χ1) is 14.0. The van der Waals surface area contributed by atoms with Crippen LogP contribution >= 0.6 is 0 Å². The number of rotatable bonds is 7. The maximum absolute atomic E-state index is 13.0. The van der Waals surface area contributed by atoms with Crippen molar-refractivity contribution in [3.63, 3.8) is 0 Å². The number of piperidine rings is 1. The van der Waals surface area contributed by atoms with Crippen molar-refractivity contribution in [2.45, 2.75) is 45.1 Å². The Bertz CT molecular complexity index is 794. The fourth-order valence-electron chi connectivity index (χ4n) is 3.59. The molecular weight excluding hydrogens is 369 g/mol. The smallest absolute Gasteiger partial charge is 0.226 e. The molecule has 2 aromatic rings. The van der Waals surface area contributed by atoms with E-state index >= 15 is 0 Å². The minimum absolute atomic E-state index is 0.0915. The van der Waals surface area contributed by atoms with Gasteiger partial charge in [0.2, 0.25) is 5.89 Å². The lowest BCUT2D eigenvalue weighted by Gasteiger charge is -2.41. The Hall–Kier alpha value is -2.41. The second-order valence-electron chi connectivity index (χ2n) is 8.11. The molecule has 0 aliphatic carbocycles. The van der Waals surface area contributed by atoms with Gasteiger partial charge in [0, 0.05) is 37.7 Å². The third-order valence-electron chi connectivity index (χ3n) is 5.44. The molecule has 0 spiro atoms. The lowest BCUT2D eigenvalue weighted by atomic mass is 9.98. The Labute approximate surface area is 172 Å². The lowest BCUT2D eigenvalue weighted by Crippen LogP contribution is -2.55. The van der Waals surface area contributed by atoms with Crippen molar-refractivity contribution in [2.24, 2.45) is 4.99 Å². The largest absolute Gasteiger partial charge is 0.444 e. The Morgan fingerprint density at radius 1 is 1.17 bits per heavy atom. The number of hydrogen-bond donors (Lipinski definition) is 2. The second-order valence-corrected chi connectivity index (χ2v) is 8.11. The van der Waals surface area contributed by atoms with Gasteiger partial charge in [-0.1, -0.05) is 6.42 Å². The number of aliphatic imine (C=N–C) groups is 1. The molecule has 1 saturated heterocycles. The molecule has 7 heteroatoms. The zero-order valence-electron chi connectivity index (χ0n) is 17.7. The van der Waals surface area contributed by atoms with E-state index in [2.05, 4.69) is 39.4 Å². The van der Waals surface area contributed by atoms with Gasteiger partial charge >= 0.3 is 0 Å². The zero-order chi connectivity index (χ0) is 20.7. The van der Waals surface area contributed by atoms with E-state index in [1.807, 2.05) is 0 Å². The maximum Gasteiger partial charge on any atom is 0.226 e. The fraction of sp³-hybridized carbons (Fsp3) is 0.545. The van der Waals surface area contributed by atoms with Gasteiger partial charge in [0.25, 0.3) is 0 Å². The summed E-state index contributed by atoms with van der Waals surface area (Å²) in [6.45, 7) is 8.44.